The first-order valence-electron chi connectivity index (χ1n) is 9.89. The Bertz CT molecular complexity index is 902. The van der Waals surface area contributed by atoms with Crippen molar-refractivity contribution in [3.63, 3.8) is 0 Å². The Balaban J connectivity index is 1.42. The molecule has 0 atom stereocenters. The number of piperidine rings is 1. The maximum absolute atomic E-state index is 12.3. The molecule has 0 bridgehead atoms. The van der Waals surface area contributed by atoms with Gasteiger partial charge in [0.15, 0.2) is 5.82 Å². The van der Waals surface area contributed by atoms with E-state index in [1.54, 1.807) is 6.20 Å². The summed E-state index contributed by atoms with van der Waals surface area (Å²) in [6.07, 6.45) is 5.46. The lowest BCUT2D eigenvalue weighted by Crippen LogP contribution is -2.61. The molecule has 6 nitrogen and oxygen atoms in total. The lowest BCUT2D eigenvalue weighted by molar-refractivity contribution is 0.00592. The van der Waals surface area contributed by atoms with Crippen molar-refractivity contribution < 1.29 is 9.53 Å². The molecule has 148 valence electrons. The predicted octanol–water partition coefficient (Wildman–Crippen LogP) is 4.11. The number of benzene rings is 1. The molecule has 1 aromatic heterocycles. The molecule has 0 N–H and O–H groups in total. The van der Waals surface area contributed by atoms with Crippen molar-refractivity contribution >= 4 is 28.8 Å². The van der Waals surface area contributed by atoms with E-state index >= 15 is 0 Å². The van der Waals surface area contributed by atoms with Crippen molar-refractivity contribution in [3.05, 3.63) is 36.5 Å². The van der Waals surface area contributed by atoms with E-state index in [2.05, 4.69) is 33.8 Å². The second-order valence-electron chi connectivity index (χ2n) is 9.04. The second-order valence-corrected chi connectivity index (χ2v) is 9.04. The van der Waals surface area contributed by atoms with Crippen molar-refractivity contribution in [3.8, 4) is 0 Å². The standard InChI is InChI=1S/C22H28N4O2/c1-5-16-6-7-17-13-23-24-19(18(17)12-16)26-14-22(15-26)8-10-25(11-9-22)20(27)28-21(2,3)4/h5-7,12-13H,1,8-11,14-15H2,2-4H3. The predicted molar refractivity (Wildman–Crippen MR) is 111 cm³/mol. The zero-order valence-electron chi connectivity index (χ0n) is 16.9. The minimum Gasteiger partial charge on any atom is -0.444 e. The number of carbonyl (C=O) groups is 1. The number of fused-ring (bicyclic) bond motifs is 1. The summed E-state index contributed by atoms with van der Waals surface area (Å²) in [5, 5.41) is 10.8. The van der Waals surface area contributed by atoms with Crippen LogP contribution in [-0.4, -0.2) is 53.0 Å². The van der Waals surface area contributed by atoms with Gasteiger partial charge in [0.1, 0.15) is 5.60 Å². The molecule has 2 saturated heterocycles. The molecule has 3 heterocycles. The van der Waals surface area contributed by atoms with E-state index in [0.717, 1.165) is 61.2 Å². The molecular weight excluding hydrogens is 352 g/mol. The third-order valence-electron chi connectivity index (χ3n) is 5.73. The molecule has 0 saturated carbocycles. The summed E-state index contributed by atoms with van der Waals surface area (Å²) in [5.74, 6) is 0.946. The smallest absolute Gasteiger partial charge is 0.410 e. The molecule has 6 heteroatoms. The van der Waals surface area contributed by atoms with Gasteiger partial charge in [0.05, 0.1) is 6.20 Å². The number of rotatable bonds is 2. The molecule has 0 aliphatic carbocycles. The van der Waals surface area contributed by atoms with Gasteiger partial charge in [-0.05, 0) is 45.2 Å². The summed E-state index contributed by atoms with van der Waals surface area (Å²) >= 11 is 0. The molecule has 1 spiro atoms. The molecule has 2 aliphatic heterocycles. The molecule has 1 amide bonds. The third-order valence-corrected chi connectivity index (χ3v) is 5.73. The van der Waals surface area contributed by atoms with Gasteiger partial charge in [0.25, 0.3) is 0 Å². The normalized spacial score (nSPS) is 18.8. The highest BCUT2D eigenvalue weighted by molar-refractivity contribution is 5.93. The van der Waals surface area contributed by atoms with Crippen LogP contribution in [0.25, 0.3) is 16.8 Å². The fraction of sp³-hybridized carbons (Fsp3) is 0.500. The molecule has 2 aliphatic rings. The monoisotopic (exact) mass is 380 g/mol. The lowest BCUT2D eigenvalue weighted by Gasteiger charge is -2.54. The Morgan fingerprint density at radius 3 is 2.61 bits per heavy atom. The van der Waals surface area contributed by atoms with Gasteiger partial charge in [0.2, 0.25) is 0 Å². The van der Waals surface area contributed by atoms with Crippen molar-refractivity contribution in [1.82, 2.24) is 15.1 Å². The van der Waals surface area contributed by atoms with Gasteiger partial charge >= 0.3 is 6.09 Å². The highest BCUT2D eigenvalue weighted by Gasteiger charge is 2.46. The van der Waals surface area contributed by atoms with E-state index in [1.807, 2.05) is 37.8 Å². The number of ether oxygens (including phenoxy) is 1. The molecule has 28 heavy (non-hydrogen) atoms. The van der Waals surface area contributed by atoms with Gasteiger partial charge in [-0.1, -0.05) is 24.8 Å². The van der Waals surface area contributed by atoms with Crippen molar-refractivity contribution in [2.24, 2.45) is 5.41 Å². The van der Waals surface area contributed by atoms with E-state index in [0.29, 0.717) is 0 Å². The van der Waals surface area contributed by atoms with E-state index < -0.39 is 5.60 Å². The number of hydrogen-bond acceptors (Lipinski definition) is 5. The minimum absolute atomic E-state index is 0.199. The average molecular weight is 380 g/mol. The van der Waals surface area contributed by atoms with Crippen LogP contribution in [0.4, 0.5) is 10.6 Å². The molecule has 0 radical (unpaired) electrons. The molecule has 4 rings (SSSR count). The average Bonchev–Trinajstić information content (AvgIpc) is 2.64. The van der Waals surface area contributed by atoms with Gasteiger partial charge in [-0.3, -0.25) is 0 Å². The van der Waals surface area contributed by atoms with Gasteiger partial charge in [-0.25, -0.2) is 4.79 Å². The highest BCUT2D eigenvalue weighted by atomic mass is 16.6. The summed E-state index contributed by atoms with van der Waals surface area (Å²) in [4.78, 5) is 16.4. The van der Waals surface area contributed by atoms with E-state index in [-0.39, 0.29) is 11.5 Å². The van der Waals surface area contributed by atoms with Crippen LogP contribution in [0.3, 0.4) is 0 Å². The summed E-state index contributed by atoms with van der Waals surface area (Å²) in [7, 11) is 0. The Morgan fingerprint density at radius 1 is 1.25 bits per heavy atom. The Hall–Kier alpha value is -2.63. The number of anilines is 1. The quantitative estimate of drug-likeness (QED) is 0.785. The Labute approximate surface area is 166 Å². The summed E-state index contributed by atoms with van der Waals surface area (Å²) < 4.78 is 5.51. The first-order valence-corrected chi connectivity index (χ1v) is 9.89. The van der Waals surface area contributed by atoms with Crippen LogP contribution in [0.5, 0.6) is 0 Å². The van der Waals surface area contributed by atoms with Crippen LogP contribution < -0.4 is 4.90 Å². The summed E-state index contributed by atoms with van der Waals surface area (Å²) in [5.41, 5.74) is 0.900. The molecule has 2 aromatic rings. The van der Waals surface area contributed by atoms with Crippen LogP contribution in [0.1, 0.15) is 39.2 Å². The number of hydrogen-bond donors (Lipinski definition) is 0. The molecule has 1 aromatic carbocycles. The van der Waals surface area contributed by atoms with Gasteiger partial charge in [0, 0.05) is 42.4 Å². The lowest BCUT2D eigenvalue weighted by atomic mass is 9.72. The number of nitrogens with zero attached hydrogens (tertiary/aromatic N) is 4. The number of carbonyl (C=O) groups excluding carboxylic acids is 1. The van der Waals surface area contributed by atoms with Gasteiger partial charge < -0.3 is 14.5 Å². The number of likely N-dealkylation sites (tertiary alicyclic amines) is 1. The second kappa shape index (κ2) is 6.76. The largest absolute Gasteiger partial charge is 0.444 e. The molecule has 0 unspecified atom stereocenters. The van der Waals surface area contributed by atoms with E-state index in [1.165, 1.54) is 0 Å². The first-order chi connectivity index (χ1) is 13.3. The van der Waals surface area contributed by atoms with E-state index in [4.69, 9.17) is 4.74 Å². The highest BCUT2D eigenvalue weighted by Crippen LogP contribution is 2.43. The van der Waals surface area contributed by atoms with Crippen LogP contribution in [0.2, 0.25) is 0 Å². The Morgan fingerprint density at radius 2 is 1.96 bits per heavy atom. The van der Waals surface area contributed by atoms with Crippen molar-refractivity contribution in [2.75, 3.05) is 31.1 Å². The fourth-order valence-electron chi connectivity index (χ4n) is 4.16. The molecular formula is C22H28N4O2. The van der Waals surface area contributed by atoms with Gasteiger partial charge in [-0.2, -0.15) is 5.10 Å². The fourth-order valence-corrected chi connectivity index (χ4v) is 4.16. The number of aromatic nitrogens is 2. The van der Waals surface area contributed by atoms with Crippen molar-refractivity contribution in [1.29, 1.82) is 0 Å². The minimum atomic E-state index is -0.448. The summed E-state index contributed by atoms with van der Waals surface area (Å²) in [6.45, 7) is 13.0. The van der Waals surface area contributed by atoms with Crippen LogP contribution >= 0.6 is 0 Å². The Kier molecular flexibility index (Phi) is 4.52. The zero-order chi connectivity index (χ0) is 19.9. The van der Waals surface area contributed by atoms with Crippen LogP contribution in [-0.2, 0) is 4.74 Å². The zero-order valence-corrected chi connectivity index (χ0v) is 16.9. The van der Waals surface area contributed by atoms with Crippen LogP contribution in [0, 0.1) is 5.41 Å². The number of amides is 1. The maximum Gasteiger partial charge on any atom is 0.410 e. The topological polar surface area (TPSA) is 58.6 Å². The maximum atomic E-state index is 12.3. The van der Waals surface area contributed by atoms with Crippen molar-refractivity contribution in [2.45, 2.75) is 39.2 Å². The first kappa shape index (κ1) is 18.7. The SMILES string of the molecule is C=Cc1ccc2cnnc(N3CC4(CCN(C(=O)OC(C)(C)C)CC4)C3)c2c1. The molecule has 2 fully saturated rings. The third kappa shape index (κ3) is 3.55. The van der Waals surface area contributed by atoms with Crippen LogP contribution in [0.15, 0.2) is 31.0 Å². The summed E-state index contributed by atoms with van der Waals surface area (Å²) in [6, 6.07) is 6.24. The van der Waals surface area contributed by atoms with Gasteiger partial charge in [-0.15, -0.1) is 5.10 Å². The van der Waals surface area contributed by atoms with E-state index in [9.17, 15) is 4.79 Å².